The molecule has 1 unspecified atom stereocenters. The van der Waals surface area contributed by atoms with Crippen molar-refractivity contribution in [2.24, 2.45) is 10.8 Å². The van der Waals surface area contributed by atoms with Gasteiger partial charge in [-0.05, 0) is 43.9 Å². The molecule has 0 N–H and O–H groups in total. The maximum absolute atomic E-state index is 11.2. The Hall–Kier alpha value is -0.830. The molecule has 0 aliphatic rings. The molecule has 0 aliphatic carbocycles. The van der Waals surface area contributed by atoms with Crippen LogP contribution in [0.2, 0.25) is 0 Å². The van der Waals surface area contributed by atoms with Gasteiger partial charge < -0.3 is 9.22 Å². The van der Waals surface area contributed by atoms with E-state index in [-0.39, 0.29) is 11.4 Å². The summed E-state index contributed by atoms with van der Waals surface area (Å²) in [4.78, 5) is 11.2. The maximum Gasteiger partial charge on any atom is 0.330 e. The van der Waals surface area contributed by atoms with Crippen LogP contribution in [0.5, 0.6) is 0 Å². The van der Waals surface area contributed by atoms with E-state index in [0.29, 0.717) is 12.0 Å². The molecule has 0 bridgehead atoms. The summed E-state index contributed by atoms with van der Waals surface area (Å²) in [6, 6.07) is 0. The van der Waals surface area contributed by atoms with E-state index in [1.54, 1.807) is 0 Å². The Balaban J connectivity index is 4.79. The molecule has 0 rings (SSSR count). The summed E-state index contributed by atoms with van der Waals surface area (Å²) >= 11 is 0. The van der Waals surface area contributed by atoms with Crippen LogP contribution >= 0.6 is 0 Å². The van der Waals surface area contributed by atoms with Crippen LogP contribution in [0.25, 0.3) is 0 Å². The predicted octanol–water partition coefficient (Wildman–Crippen LogP) is 5.60. The number of carbonyl (C=O) groups excluding carboxylic acids is 1. The summed E-state index contributed by atoms with van der Waals surface area (Å²) in [6.07, 6.45) is 7.03. The third-order valence-corrected chi connectivity index (χ3v) is 6.18. The van der Waals surface area contributed by atoms with Crippen molar-refractivity contribution < 1.29 is 14.0 Å². The second-order valence-corrected chi connectivity index (χ2v) is 8.80. The molecular weight excluding hydrogens is 310 g/mol. The molecule has 148 valence electrons. The van der Waals surface area contributed by atoms with Crippen molar-refractivity contribution in [1.29, 1.82) is 0 Å². The molecule has 0 heterocycles. The first-order chi connectivity index (χ1) is 11.6. The van der Waals surface area contributed by atoms with Gasteiger partial charge in [0, 0.05) is 12.5 Å². The van der Waals surface area contributed by atoms with Gasteiger partial charge in [-0.15, -0.1) is 0 Å². The number of carbonyl (C=O) groups is 1. The lowest BCUT2D eigenvalue weighted by Crippen LogP contribution is -2.50. The maximum atomic E-state index is 11.2. The summed E-state index contributed by atoms with van der Waals surface area (Å²) in [5, 5.41) is 0. The van der Waals surface area contributed by atoms with Crippen LogP contribution in [-0.2, 0) is 9.53 Å². The molecule has 3 heteroatoms. The summed E-state index contributed by atoms with van der Waals surface area (Å²) in [5.41, 5.74) is 0.512. The molecule has 0 aromatic carbocycles. The van der Waals surface area contributed by atoms with E-state index in [1.165, 1.54) is 62.4 Å². The van der Waals surface area contributed by atoms with E-state index in [4.69, 9.17) is 4.74 Å². The topological polar surface area (TPSA) is 26.3 Å². The van der Waals surface area contributed by atoms with Crippen LogP contribution in [0.4, 0.5) is 0 Å². The van der Waals surface area contributed by atoms with E-state index in [9.17, 15) is 4.79 Å². The molecule has 0 saturated heterocycles. The zero-order chi connectivity index (χ0) is 19.6. The average molecular weight is 355 g/mol. The number of ether oxygens (including phenoxy) is 1. The number of esters is 1. The fourth-order valence-electron chi connectivity index (χ4n) is 4.07. The summed E-state index contributed by atoms with van der Waals surface area (Å²) in [6.45, 7) is 25.3. The molecule has 0 aromatic rings. The molecule has 0 aliphatic heterocycles. The van der Waals surface area contributed by atoms with Crippen molar-refractivity contribution in [2.75, 3.05) is 32.8 Å². The Bertz CT molecular complexity index is 399. The highest BCUT2D eigenvalue weighted by Gasteiger charge is 2.34. The number of hydrogen-bond acceptors (Lipinski definition) is 2. The van der Waals surface area contributed by atoms with Crippen LogP contribution < -0.4 is 0 Å². The second-order valence-electron chi connectivity index (χ2n) is 8.80. The van der Waals surface area contributed by atoms with Crippen molar-refractivity contribution in [3.05, 3.63) is 12.7 Å². The minimum Gasteiger partial charge on any atom is -0.463 e. The predicted molar refractivity (Wildman–Crippen MR) is 109 cm³/mol. The van der Waals surface area contributed by atoms with Crippen molar-refractivity contribution in [2.45, 2.75) is 80.6 Å². The Morgan fingerprint density at radius 1 is 1.04 bits per heavy atom. The highest BCUT2D eigenvalue weighted by molar-refractivity contribution is 5.81. The average Bonchev–Trinajstić information content (AvgIpc) is 2.58. The third-order valence-electron chi connectivity index (χ3n) is 6.18. The number of hydrogen-bond donors (Lipinski definition) is 0. The van der Waals surface area contributed by atoms with Crippen molar-refractivity contribution >= 4 is 5.97 Å². The normalized spacial score (nSPS) is 14.8. The van der Waals surface area contributed by atoms with Gasteiger partial charge in [0.05, 0.1) is 32.8 Å². The molecule has 3 nitrogen and oxygen atoms in total. The minimum atomic E-state index is -0.318. The van der Waals surface area contributed by atoms with E-state index in [0.717, 1.165) is 6.42 Å². The minimum absolute atomic E-state index is 0.172. The van der Waals surface area contributed by atoms with Gasteiger partial charge >= 0.3 is 5.97 Å². The summed E-state index contributed by atoms with van der Waals surface area (Å²) in [5.74, 6) is -0.318. The Kier molecular flexibility index (Phi) is 10.6. The Morgan fingerprint density at radius 2 is 1.64 bits per heavy atom. The largest absolute Gasteiger partial charge is 0.463 e. The van der Waals surface area contributed by atoms with Crippen molar-refractivity contribution in [1.82, 2.24) is 0 Å². The zero-order valence-corrected chi connectivity index (χ0v) is 18.1. The van der Waals surface area contributed by atoms with Gasteiger partial charge in [-0.25, -0.2) is 4.79 Å². The first-order valence-corrected chi connectivity index (χ1v) is 10.3. The van der Waals surface area contributed by atoms with Gasteiger partial charge in [-0.1, -0.05) is 47.6 Å². The molecule has 0 amide bonds. The fourth-order valence-corrected chi connectivity index (χ4v) is 4.07. The molecule has 0 aromatic heterocycles. The molecule has 0 saturated carbocycles. The lowest BCUT2D eigenvalue weighted by Gasteiger charge is -2.42. The standard InChI is InChI=1S/C22H44NO2/c1-9-16-23(12-4,13-5)17-14-22(8,11-3)19-21(6,7)15-18-25-20(24)10-2/h10H,2,9,11-19H2,1,3-8H3/q+1. The second kappa shape index (κ2) is 11.0. The van der Waals surface area contributed by atoms with Crippen molar-refractivity contribution in [3.63, 3.8) is 0 Å². The Morgan fingerprint density at radius 3 is 2.08 bits per heavy atom. The van der Waals surface area contributed by atoms with Crippen LogP contribution in [0.1, 0.15) is 80.6 Å². The van der Waals surface area contributed by atoms with Gasteiger partial charge in [0.15, 0.2) is 0 Å². The monoisotopic (exact) mass is 354 g/mol. The third kappa shape index (κ3) is 8.89. The van der Waals surface area contributed by atoms with Crippen LogP contribution in [0.3, 0.4) is 0 Å². The lowest BCUT2D eigenvalue weighted by atomic mass is 9.69. The van der Waals surface area contributed by atoms with Crippen LogP contribution in [-0.4, -0.2) is 43.2 Å². The molecule has 0 spiro atoms. The summed E-state index contributed by atoms with van der Waals surface area (Å²) < 4.78 is 6.44. The quantitative estimate of drug-likeness (QED) is 0.231. The fraction of sp³-hybridized carbons (Fsp3) is 0.864. The van der Waals surface area contributed by atoms with Crippen LogP contribution in [0, 0.1) is 10.8 Å². The highest BCUT2D eigenvalue weighted by atomic mass is 16.5. The van der Waals surface area contributed by atoms with Gasteiger partial charge in [0.1, 0.15) is 0 Å². The Labute approximate surface area is 157 Å². The highest BCUT2D eigenvalue weighted by Crippen LogP contribution is 2.41. The first kappa shape index (κ1) is 24.2. The number of rotatable bonds is 14. The van der Waals surface area contributed by atoms with E-state index >= 15 is 0 Å². The zero-order valence-electron chi connectivity index (χ0n) is 18.1. The van der Waals surface area contributed by atoms with E-state index in [1.807, 2.05) is 0 Å². The SMILES string of the molecule is C=CC(=O)OCCC(C)(C)CC(C)(CC)CC[N+](CC)(CC)CCC. The van der Waals surface area contributed by atoms with Gasteiger partial charge in [0.2, 0.25) is 0 Å². The number of nitrogens with zero attached hydrogens (tertiary/aromatic N) is 1. The van der Waals surface area contributed by atoms with Gasteiger partial charge in [0.25, 0.3) is 0 Å². The van der Waals surface area contributed by atoms with Gasteiger partial charge in [-0.2, -0.15) is 0 Å². The molecule has 0 fully saturated rings. The van der Waals surface area contributed by atoms with E-state index < -0.39 is 0 Å². The van der Waals surface area contributed by atoms with E-state index in [2.05, 4.69) is 55.0 Å². The molecule has 1 atom stereocenters. The number of quaternary nitrogens is 1. The molecule has 0 radical (unpaired) electrons. The molecular formula is C22H44NO2+. The van der Waals surface area contributed by atoms with Crippen LogP contribution in [0.15, 0.2) is 12.7 Å². The first-order valence-electron chi connectivity index (χ1n) is 10.3. The lowest BCUT2D eigenvalue weighted by molar-refractivity contribution is -0.925. The summed E-state index contributed by atoms with van der Waals surface area (Å²) in [7, 11) is 0. The molecule has 25 heavy (non-hydrogen) atoms. The smallest absolute Gasteiger partial charge is 0.330 e. The van der Waals surface area contributed by atoms with Crippen molar-refractivity contribution in [3.8, 4) is 0 Å². The van der Waals surface area contributed by atoms with Gasteiger partial charge in [-0.3, -0.25) is 0 Å².